The van der Waals surface area contributed by atoms with E-state index < -0.39 is 5.60 Å². The molecule has 1 saturated carbocycles. The van der Waals surface area contributed by atoms with Gasteiger partial charge in [0, 0.05) is 25.4 Å². The van der Waals surface area contributed by atoms with Gasteiger partial charge in [0.2, 0.25) is 0 Å². The summed E-state index contributed by atoms with van der Waals surface area (Å²) in [6.45, 7) is 5.34. The van der Waals surface area contributed by atoms with Gasteiger partial charge in [0.25, 0.3) is 0 Å². The van der Waals surface area contributed by atoms with Crippen LogP contribution in [0.5, 0.6) is 0 Å². The van der Waals surface area contributed by atoms with Crippen LogP contribution in [0.3, 0.4) is 0 Å². The first kappa shape index (κ1) is 12.6. The summed E-state index contributed by atoms with van der Waals surface area (Å²) in [7, 11) is 0. The van der Waals surface area contributed by atoms with Crippen LogP contribution in [0.15, 0.2) is 12.4 Å². The largest absolute Gasteiger partial charge is 0.389 e. The molecule has 17 heavy (non-hydrogen) atoms. The highest BCUT2D eigenvalue weighted by Gasteiger charge is 2.31. The number of nitrogens with zero attached hydrogens (tertiary/aromatic N) is 2. The van der Waals surface area contributed by atoms with E-state index in [9.17, 15) is 5.11 Å². The molecule has 1 aromatic heterocycles. The molecule has 1 N–H and O–H groups in total. The lowest BCUT2D eigenvalue weighted by molar-refractivity contribution is 0.0218. The Kier molecular flexibility index (Phi) is 3.87. The van der Waals surface area contributed by atoms with Gasteiger partial charge in [-0.2, -0.15) is 0 Å². The zero-order chi connectivity index (χ0) is 12.3. The summed E-state index contributed by atoms with van der Waals surface area (Å²) >= 11 is 0. The minimum absolute atomic E-state index is 0.525. The molecule has 2 rings (SSSR count). The summed E-state index contributed by atoms with van der Waals surface area (Å²) in [5.41, 5.74) is -0.525. The summed E-state index contributed by atoms with van der Waals surface area (Å²) < 4.78 is 2.13. The quantitative estimate of drug-likeness (QED) is 0.819. The smallest absolute Gasteiger partial charge is 0.111 e. The molecule has 2 atom stereocenters. The third kappa shape index (κ3) is 3.09. The molecule has 0 aromatic carbocycles. The molecule has 1 aliphatic carbocycles. The van der Waals surface area contributed by atoms with Gasteiger partial charge in [-0.15, -0.1) is 0 Å². The Morgan fingerprint density at radius 3 is 3.06 bits per heavy atom. The van der Waals surface area contributed by atoms with E-state index in [4.69, 9.17) is 0 Å². The fourth-order valence-corrected chi connectivity index (χ4v) is 2.83. The topological polar surface area (TPSA) is 38.0 Å². The molecule has 1 heterocycles. The molecule has 96 valence electrons. The maximum absolute atomic E-state index is 10.7. The maximum atomic E-state index is 10.7. The van der Waals surface area contributed by atoms with E-state index in [0.717, 1.165) is 44.0 Å². The Balaban J connectivity index is 2.06. The Bertz CT molecular complexity index is 361. The zero-order valence-corrected chi connectivity index (χ0v) is 11.0. The Morgan fingerprint density at radius 1 is 1.47 bits per heavy atom. The average Bonchev–Trinajstić information content (AvgIpc) is 2.66. The summed E-state index contributed by atoms with van der Waals surface area (Å²) in [4.78, 5) is 4.38. The highest BCUT2D eigenvalue weighted by atomic mass is 16.3. The lowest BCUT2D eigenvalue weighted by Crippen LogP contribution is -2.32. The third-order valence-corrected chi connectivity index (χ3v) is 4.07. The Labute approximate surface area is 104 Å². The lowest BCUT2D eigenvalue weighted by atomic mass is 9.90. The van der Waals surface area contributed by atoms with Gasteiger partial charge in [-0.25, -0.2) is 4.98 Å². The zero-order valence-electron chi connectivity index (χ0n) is 11.0. The maximum Gasteiger partial charge on any atom is 0.111 e. The van der Waals surface area contributed by atoms with Crippen molar-refractivity contribution in [2.45, 2.75) is 64.5 Å². The highest BCUT2D eigenvalue weighted by molar-refractivity contribution is 4.99. The van der Waals surface area contributed by atoms with E-state index in [1.807, 2.05) is 12.4 Å². The first-order valence-electron chi connectivity index (χ1n) is 6.85. The molecule has 1 aliphatic rings. The van der Waals surface area contributed by atoms with Gasteiger partial charge in [0.15, 0.2) is 0 Å². The van der Waals surface area contributed by atoms with Gasteiger partial charge >= 0.3 is 0 Å². The average molecular weight is 236 g/mol. The number of aryl methyl sites for hydroxylation is 1. The molecule has 3 heteroatoms. The Hall–Kier alpha value is -0.830. The van der Waals surface area contributed by atoms with Crippen molar-refractivity contribution in [2.24, 2.45) is 5.92 Å². The van der Waals surface area contributed by atoms with Gasteiger partial charge in [-0.05, 0) is 32.1 Å². The predicted octanol–water partition coefficient (Wildman–Crippen LogP) is 2.78. The highest BCUT2D eigenvalue weighted by Crippen LogP contribution is 2.32. The molecule has 3 nitrogen and oxygen atoms in total. The van der Waals surface area contributed by atoms with Crippen LogP contribution in [0.2, 0.25) is 0 Å². The number of rotatable bonds is 3. The van der Waals surface area contributed by atoms with Crippen molar-refractivity contribution in [1.82, 2.24) is 9.55 Å². The van der Waals surface area contributed by atoms with Crippen LogP contribution in [-0.4, -0.2) is 20.3 Å². The van der Waals surface area contributed by atoms with Crippen LogP contribution in [0, 0.1) is 5.92 Å². The molecule has 0 aliphatic heterocycles. The second-order valence-electron chi connectivity index (χ2n) is 5.57. The molecule has 0 bridgehead atoms. The molecule has 1 aromatic rings. The number of imidazole rings is 1. The van der Waals surface area contributed by atoms with Crippen LogP contribution >= 0.6 is 0 Å². The fourth-order valence-electron chi connectivity index (χ4n) is 2.83. The molecule has 0 spiro atoms. The van der Waals surface area contributed by atoms with Gasteiger partial charge in [-0.3, -0.25) is 0 Å². The Morgan fingerprint density at radius 2 is 2.29 bits per heavy atom. The van der Waals surface area contributed by atoms with Crippen molar-refractivity contribution < 1.29 is 5.11 Å². The number of hydrogen-bond acceptors (Lipinski definition) is 2. The number of aromatic nitrogens is 2. The predicted molar refractivity (Wildman–Crippen MR) is 68.8 cm³/mol. The van der Waals surface area contributed by atoms with E-state index >= 15 is 0 Å². The molecular weight excluding hydrogens is 212 g/mol. The fraction of sp³-hybridized carbons (Fsp3) is 0.786. The monoisotopic (exact) mass is 236 g/mol. The van der Waals surface area contributed by atoms with Crippen molar-refractivity contribution in [1.29, 1.82) is 0 Å². The van der Waals surface area contributed by atoms with E-state index in [2.05, 4.69) is 23.4 Å². The summed E-state index contributed by atoms with van der Waals surface area (Å²) in [5, 5.41) is 10.7. The summed E-state index contributed by atoms with van der Waals surface area (Å²) in [5.74, 6) is 1.79. The minimum Gasteiger partial charge on any atom is -0.389 e. The van der Waals surface area contributed by atoms with Crippen LogP contribution in [-0.2, 0) is 13.0 Å². The lowest BCUT2D eigenvalue weighted by Gasteiger charge is -2.26. The first-order chi connectivity index (χ1) is 8.13. The van der Waals surface area contributed by atoms with E-state index in [1.165, 1.54) is 6.42 Å². The van der Waals surface area contributed by atoms with Crippen LogP contribution in [0.1, 0.15) is 51.8 Å². The van der Waals surface area contributed by atoms with Gasteiger partial charge < -0.3 is 9.67 Å². The molecular formula is C14H24N2O. The van der Waals surface area contributed by atoms with Gasteiger partial charge in [0.1, 0.15) is 5.82 Å². The van der Waals surface area contributed by atoms with Gasteiger partial charge in [-0.1, -0.05) is 19.8 Å². The first-order valence-corrected chi connectivity index (χ1v) is 6.85. The number of hydrogen-bond donors (Lipinski definition) is 1. The van der Waals surface area contributed by atoms with E-state index in [0.29, 0.717) is 6.42 Å². The molecule has 0 radical (unpaired) electrons. The van der Waals surface area contributed by atoms with Gasteiger partial charge in [0.05, 0.1) is 5.60 Å². The SMILES string of the molecule is CCn1ccnc1CC1(O)CCCC(C)CC1. The summed E-state index contributed by atoms with van der Waals surface area (Å²) in [6.07, 6.45) is 9.93. The van der Waals surface area contributed by atoms with Crippen molar-refractivity contribution in [3.8, 4) is 0 Å². The molecule has 1 fully saturated rings. The second kappa shape index (κ2) is 5.21. The van der Waals surface area contributed by atoms with Crippen molar-refractivity contribution >= 4 is 0 Å². The molecule has 2 unspecified atom stereocenters. The van der Waals surface area contributed by atoms with E-state index in [1.54, 1.807) is 0 Å². The minimum atomic E-state index is -0.525. The second-order valence-corrected chi connectivity index (χ2v) is 5.57. The van der Waals surface area contributed by atoms with Crippen LogP contribution in [0.4, 0.5) is 0 Å². The third-order valence-electron chi connectivity index (χ3n) is 4.07. The van der Waals surface area contributed by atoms with Crippen molar-refractivity contribution in [2.75, 3.05) is 0 Å². The van der Waals surface area contributed by atoms with Crippen LogP contribution < -0.4 is 0 Å². The standard InChI is InChI=1S/C14H24N2O/c1-3-16-10-9-15-13(16)11-14(17)7-4-5-12(2)6-8-14/h9-10,12,17H,3-8,11H2,1-2H3. The van der Waals surface area contributed by atoms with E-state index in [-0.39, 0.29) is 0 Å². The van der Waals surface area contributed by atoms with Crippen molar-refractivity contribution in [3.05, 3.63) is 18.2 Å². The summed E-state index contributed by atoms with van der Waals surface area (Å²) in [6, 6.07) is 0. The molecule has 0 amide bonds. The van der Waals surface area contributed by atoms with Crippen molar-refractivity contribution in [3.63, 3.8) is 0 Å². The normalized spacial score (nSPS) is 30.2. The molecule has 0 saturated heterocycles. The number of aliphatic hydroxyl groups is 1. The van der Waals surface area contributed by atoms with Crippen LogP contribution in [0.25, 0.3) is 0 Å².